The molecule has 1 amide bonds. The number of carbonyl (C=O) groups is 1. The van der Waals surface area contributed by atoms with Crippen molar-refractivity contribution in [3.63, 3.8) is 0 Å². The fraction of sp³-hybridized carbons (Fsp3) is 0.150. The Morgan fingerprint density at radius 1 is 1.16 bits per heavy atom. The Kier molecular flexibility index (Phi) is 7.36. The van der Waals surface area contributed by atoms with Gasteiger partial charge in [0.15, 0.2) is 5.16 Å². The molecular weight excluding hydrogens is 449 g/mol. The summed E-state index contributed by atoms with van der Waals surface area (Å²) in [5.74, 6) is -1.15. The summed E-state index contributed by atoms with van der Waals surface area (Å²) in [7, 11) is 0. The fourth-order valence-corrected chi connectivity index (χ4v) is 3.49. The van der Waals surface area contributed by atoms with E-state index >= 15 is 0 Å². The van der Waals surface area contributed by atoms with Crippen LogP contribution in [0.15, 0.2) is 60.0 Å². The number of hydrogen-bond acceptors (Lipinski definition) is 6. The molecule has 3 aromatic rings. The van der Waals surface area contributed by atoms with Crippen LogP contribution in [0.2, 0.25) is 6.82 Å². The highest BCUT2D eigenvalue weighted by atomic mass is 32.2. The molecule has 0 aliphatic rings. The lowest BCUT2D eigenvalue weighted by Crippen LogP contribution is -2.30. The van der Waals surface area contributed by atoms with Crippen LogP contribution in [-0.4, -0.2) is 34.2 Å². The van der Waals surface area contributed by atoms with Gasteiger partial charge in [0, 0.05) is 23.8 Å². The standard InChI is InChI=1S/C20H16BF4N3O3S/c1-21(30)17-7-6-16(31-20(23,24)25)8-12(17)11-32-19-26-9-13(10-27-19)18(29)28-15-4-2-14(22)3-5-15/h2-10,30H,11H2,1H3,(H,28,29). The first-order valence-electron chi connectivity index (χ1n) is 9.19. The first-order valence-corrected chi connectivity index (χ1v) is 10.2. The molecule has 1 heterocycles. The van der Waals surface area contributed by atoms with Crippen LogP contribution in [0.3, 0.4) is 0 Å². The van der Waals surface area contributed by atoms with Gasteiger partial charge in [-0.1, -0.05) is 24.7 Å². The highest BCUT2D eigenvalue weighted by Gasteiger charge is 2.31. The summed E-state index contributed by atoms with van der Waals surface area (Å²) in [6, 6.07) is 8.95. The van der Waals surface area contributed by atoms with Gasteiger partial charge >= 0.3 is 13.3 Å². The highest BCUT2D eigenvalue weighted by Crippen LogP contribution is 2.26. The fourth-order valence-electron chi connectivity index (χ4n) is 2.70. The van der Waals surface area contributed by atoms with Crippen LogP contribution < -0.4 is 15.5 Å². The summed E-state index contributed by atoms with van der Waals surface area (Å²) in [5, 5.41) is 12.8. The summed E-state index contributed by atoms with van der Waals surface area (Å²) < 4.78 is 54.4. The van der Waals surface area contributed by atoms with Crippen molar-refractivity contribution in [2.24, 2.45) is 0 Å². The van der Waals surface area contributed by atoms with Crippen molar-refractivity contribution in [3.8, 4) is 5.75 Å². The van der Waals surface area contributed by atoms with Crippen molar-refractivity contribution < 1.29 is 32.1 Å². The summed E-state index contributed by atoms with van der Waals surface area (Å²) >= 11 is 1.11. The number of hydrogen-bond donors (Lipinski definition) is 2. The first kappa shape index (κ1) is 23.5. The minimum absolute atomic E-state index is 0.163. The molecule has 0 saturated heterocycles. The van der Waals surface area contributed by atoms with Gasteiger partial charge in [-0.25, -0.2) is 14.4 Å². The van der Waals surface area contributed by atoms with E-state index < -0.39 is 30.8 Å². The number of carbonyl (C=O) groups excluding carboxylic acids is 1. The molecule has 0 bridgehead atoms. The van der Waals surface area contributed by atoms with Crippen molar-refractivity contribution in [1.82, 2.24) is 9.97 Å². The molecule has 0 aliphatic carbocycles. The van der Waals surface area contributed by atoms with E-state index in [9.17, 15) is 27.4 Å². The van der Waals surface area contributed by atoms with Gasteiger partial charge in [0.25, 0.3) is 5.91 Å². The number of alkyl halides is 3. The molecule has 2 N–H and O–H groups in total. The SMILES string of the molecule is CB(O)c1ccc(OC(F)(F)F)cc1CSc1ncc(C(=O)Nc2ccc(F)cc2)cn1. The van der Waals surface area contributed by atoms with E-state index in [-0.39, 0.29) is 16.5 Å². The summed E-state index contributed by atoms with van der Waals surface area (Å²) in [5.41, 5.74) is 1.45. The van der Waals surface area contributed by atoms with Gasteiger partial charge in [-0.2, -0.15) is 0 Å². The molecule has 0 spiro atoms. The predicted octanol–water partition coefficient (Wildman–Crippen LogP) is 3.88. The third kappa shape index (κ3) is 6.69. The third-order valence-corrected chi connectivity index (χ3v) is 5.07. The van der Waals surface area contributed by atoms with Gasteiger partial charge in [0.2, 0.25) is 0 Å². The molecule has 12 heteroatoms. The van der Waals surface area contributed by atoms with Crippen LogP contribution in [0.5, 0.6) is 5.75 Å². The van der Waals surface area contributed by atoms with Crippen LogP contribution in [0.4, 0.5) is 23.2 Å². The number of amides is 1. The molecule has 0 saturated carbocycles. The molecule has 166 valence electrons. The number of nitrogens with one attached hydrogen (secondary N) is 1. The van der Waals surface area contributed by atoms with Crippen molar-refractivity contribution in [2.75, 3.05) is 5.32 Å². The number of nitrogens with zero attached hydrogens (tertiary/aromatic N) is 2. The smallest absolute Gasteiger partial charge is 0.446 e. The van der Waals surface area contributed by atoms with Crippen LogP contribution >= 0.6 is 11.8 Å². The quantitative estimate of drug-likeness (QED) is 0.239. The van der Waals surface area contributed by atoms with E-state index in [0.29, 0.717) is 16.7 Å². The van der Waals surface area contributed by atoms with Crippen LogP contribution in [0.25, 0.3) is 0 Å². The van der Waals surface area contributed by atoms with Crippen molar-refractivity contribution in [1.29, 1.82) is 0 Å². The second-order valence-corrected chi connectivity index (χ2v) is 7.53. The zero-order chi connectivity index (χ0) is 23.3. The number of ether oxygens (including phenoxy) is 1. The highest BCUT2D eigenvalue weighted by molar-refractivity contribution is 7.98. The lowest BCUT2D eigenvalue weighted by molar-refractivity contribution is -0.274. The molecule has 3 rings (SSSR count). The lowest BCUT2D eigenvalue weighted by Gasteiger charge is -2.14. The molecule has 0 fully saturated rings. The number of anilines is 1. The normalized spacial score (nSPS) is 11.2. The zero-order valence-electron chi connectivity index (χ0n) is 16.6. The number of benzene rings is 2. The van der Waals surface area contributed by atoms with Crippen LogP contribution in [0, 0.1) is 5.82 Å². The first-order chi connectivity index (χ1) is 15.1. The van der Waals surface area contributed by atoms with E-state index in [1.54, 1.807) is 0 Å². The Hall–Kier alpha value is -3.12. The van der Waals surface area contributed by atoms with Gasteiger partial charge in [-0.15, -0.1) is 13.2 Å². The molecule has 6 nitrogen and oxygen atoms in total. The Morgan fingerprint density at radius 2 is 1.81 bits per heavy atom. The predicted molar refractivity (Wildman–Crippen MR) is 113 cm³/mol. The molecule has 0 atom stereocenters. The Morgan fingerprint density at radius 3 is 2.41 bits per heavy atom. The molecule has 1 aromatic heterocycles. The van der Waals surface area contributed by atoms with Crippen LogP contribution in [-0.2, 0) is 5.75 Å². The summed E-state index contributed by atoms with van der Waals surface area (Å²) in [4.78, 5) is 20.4. The van der Waals surface area contributed by atoms with Gasteiger partial charge in [0.05, 0.1) is 5.56 Å². The number of halogens is 4. The number of aromatic nitrogens is 2. The molecule has 2 aromatic carbocycles. The van der Waals surface area contributed by atoms with E-state index in [2.05, 4.69) is 20.0 Å². The monoisotopic (exact) mass is 465 g/mol. The molecule has 0 unspecified atom stereocenters. The van der Waals surface area contributed by atoms with Crippen molar-refractivity contribution >= 4 is 35.7 Å². The van der Waals surface area contributed by atoms with E-state index in [1.165, 1.54) is 55.6 Å². The molecule has 32 heavy (non-hydrogen) atoms. The third-order valence-electron chi connectivity index (χ3n) is 4.15. The van der Waals surface area contributed by atoms with Crippen molar-refractivity contribution in [3.05, 3.63) is 71.8 Å². The molecule has 0 radical (unpaired) electrons. The second-order valence-electron chi connectivity index (χ2n) is 6.59. The maximum Gasteiger partial charge on any atom is 0.573 e. The largest absolute Gasteiger partial charge is 0.573 e. The summed E-state index contributed by atoms with van der Waals surface area (Å²) in [6.45, 7) is 0.600. The van der Waals surface area contributed by atoms with Gasteiger partial charge in [0.1, 0.15) is 11.6 Å². The van der Waals surface area contributed by atoms with E-state index in [1.807, 2.05) is 0 Å². The van der Waals surface area contributed by atoms with Crippen molar-refractivity contribution in [2.45, 2.75) is 24.1 Å². The van der Waals surface area contributed by atoms with Crippen LogP contribution in [0.1, 0.15) is 15.9 Å². The molecular formula is C20H16BF4N3O3S. The molecule has 0 aliphatic heterocycles. The van der Waals surface area contributed by atoms with E-state index in [0.717, 1.165) is 17.8 Å². The maximum absolute atomic E-state index is 12.9. The number of thioether (sulfide) groups is 1. The maximum atomic E-state index is 12.9. The number of rotatable bonds is 7. The Balaban J connectivity index is 1.67. The lowest BCUT2D eigenvalue weighted by atomic mass is 9.63. The second kappa shape index (κ2) is 10.0. The average molecular weight is 465 g/mol. The summed E-state index contributed by atoms with van der Waals surface area (Å²) in [6.07, 6.45) is -2.23. The van der Waals surface area contributed by atoms with Gasteiger partial charge < -0.3 is 15.1 Å². The Bertz CT molecular complexity index is 1080. The van der Waals surface area contributed by atoms with Gasteiger partial charge in [-0.3, -0.25) is 4.79 Å². The van der Waals surface area contributed by atoms with Gasteiger partial charge in [-0.05, 0) is 47.4 Å². The minimum Gasteiger partial charge on any atom is -0.446 e. The topological polar surface area (TPSA) is 84.3 Å². The Labute approximate surface area is 185 Å². The zero-order valence-corrected chi connectivity index (χ0v) is 17.4. The average Bonchev–Trinajstić information content (AvgIpc) is 2.73. The minimum atomic E-state index is -4.83. The van der Waals surface area contributed by atoms with E-state index in [4.69, 9.17) is 0 Å².